The standard InChI is InChI=1S/C10H7BrCl2N2O2S2/c1-5-6(12)4-7(13)10(14-5)15-19(16,17)9-3-2-8(11)18-9/h2-4H,1H3,(H,14,15). The average Bonchev–Trinajstić information content (AvgIpc) is 2.73. The van der Waals surface area contributed by atoms with Crippen molar-refractivity contribution in [3.05, 3.63) is 37.7 Å². The zero-order chi connectivity index (χ0) is 14.2. The van der Waals surface area contributed by atoms with Gasteiger partial charge in [-0.25, -0.2) is 13.4 Å². The summed E-state index contributed by atoms with van der Waals surface area (Å²) in [6.45, 7) is 1.66. The molecule has 0 radical (unpaired) electrons. The van der Waals surface area contributed by atoms with Gasteiger partial charge in [-0.05, 0) is 41.1 Å². The molecule has 2 rings (SSSR count). The Hall–Kier alpha value is -0.340. The highest BCUT2D eigenvalue weighted by Crippen LogP contribution is 2.30. The first-order chi connectivity index (χ1) is 8.79. The van der Waals surface area contributed by atoms with Gasteiger partial charge < -0.3 is 0 Å². The first-order valence-corrected chi connectivity index (χ1v) is 8.75. The number of nitrogens with zero attached hydrogens (tertiary/aromatic N) is 1. The number of thiophene rings is 1. The van der Waals surface area contributed by atoms with Crippen LogP contribution in [0.15, 0.2) is 26.2 Å². The molecule has 19 heavy (non-hydrogen) atoms. The molecule has 0 aliphatic heterocycles. The van der Waals surface area contributed by atoms with Gasteiger partial charge in [0, 0.05) is 0 Å². The Bertz CT molecular complexity index is 731. The Kier molecular flexibility index (Phi) is 4.42. The lowest BCUT2D eigenvalue weighted by molar-refractivity contribution is 0.603. The molecule has 0 spiro atoms. The monoisotopic (exact) mass is 400 g/mol. The first kappa shape index (κ1) is 15.1. The van der Waals surface area contributed by atoms with Crippen LogP contribution in [-0.2, 0) is 10.0 Å². The Balaban J connectivity index is 2.38. The van der Waals surface area contributed by atoms with Crippen molar-refractivity contribution in [3.8, 4) is 0 Å². The number of pyridine rings is 1. The fourth-order valence-electron chi connectivity index (χ4n) is 1.25. The summed E-state index contributed by atoms with van der Waals surface area (Å²) in [6.07, 6.45) is 0. The second-order valence-electron chi connectivity index (χ2n) is 3.55. The van der Waals surface area contributed by atoms with Crippen LogP contribution in [-0.4, -0.2) is 13.4 Å². The third-order valence-electron chi connectivity index (χ3n) is 2.15. The molecule has 0 saturated carbocycles. The van der Waals surface area contributed by atoms with Crippen molar-refractivity contribution in [1.29, 1.82) is 0 Å². The molecule has 9 heteroatoms. The van der Waals surface area contributed by atoms with Crippen LogP contribution < -0.4 is 4.72 Å². The molecular formula is C10H7BrCl2N2O2S2. The molecule has 0 aliphatic carbocycles. The molecule has 4 nitrogen and oxygen atoms in total. The molecule has 0 amide bonds. The van der Waals surface area contributed by atoms with Crippen molar-refractivity contribution >= 4 is 66.3 Å². The van der Waals surface area contributed by atoms with Crippen molar-refractivity contribution < 1.29 is 8.42 Å². The van der Waals surface area contributed by atoms with Gasteiger partial charge >= 0.3 is 0 Å². The lowest BCUT2D eigenvalue weighted by Crippen LogP contribution is -2.13. The molecule has 0 fully saturated rings. The number of halogens is 3. The third kappa shape index (κ3) is 3.41. The second-order valence-corrected chi connectivity index (χ2v) is 8.74. The van der Waals surface area contributed by atoms with Crippen LogP contribution in [0.1, 0.15) is 5.69 Å². The van der Waals surface area contributed by atoms with Crippen LogP contribution in [0.4, 0.5) is 5.82 Å². The summed E-state index contributed by atoms with van der Waals surface area (Å²) in [5.74, 6) is 0.0630. The van der Waals surface area contributed by atoms with Crippen molar-refractivity contribution in [2.75, 3.05) is 4.72 Å². The summed E-state index contributed by atoms with van der Waals surface area (Å²) in [6, 6.07) is 4.60. The summed E-state index contributed by atoms with van der Waals surface area (Å²) in [5, 5.41) is 0.529. The van der Waals surface area contributed by atoms with Crippen molar-refractivity contribution in [2.45, 2.75) is 11.1 Å². The molecule has 0 bridgehead atoms. The molecule has 1 N–H and O–H groups in total. The maximum Gasteiger partial charge on any atom is 0.272 e. The lowest BCUT2D eigenvalue weighted by atomic mass is 10.4. The highest BCUT2D eigenvalue weighted by molar-refractivity contribution is 9.11. The Morgan fingerprint density at radius 3 is 2.58 bits per heavy atom. The van der Waals surface area contributed by atoms with Gasteiger partial charge in [0.05, 0.1) is 19.5 Å². The van der Waals surface area contributed by atoms with E-state index in [2.05, 4.69) is 25.6 Å². The van der Waals surface area contributed by atoms with E-state index in [0.29, 0.717) is 10.7 Å². The summed E-state index contributed by atoms with van der Waals surface area (Å²) in [5.41, 5.74) is 0.496. The number of aromatic nitrogens is 1. The maximum atomic E-state index is 12.1. The van der Waals surface area contributed by atoms with E-state index in [1.807, 2.05) is 0 Å². The molecule has 0 atom stereocenters. The number of anilines is 1. The number of hydrogen-bond acceptors (Lipinski definition) is 4. The highest BCUT2D eigenvalue weighted by Gasteiger charge is 2.19. The van der Waals surface area contributed by atoms with Crippen molar-refractivity contribution in [1.82, 2.24) is 4.98 Å². The molecule has 2 heterocycles. The van der Waals surface area contributed by atoms with E-state index in [1.54, 1.807) is 13.0 Å². The van der Waals surface area contributed by atoms with E-state index < -0.39 is 10.0 Å². The summed E-state index contributed by atoms with van der Waals surface area (Å²) >= 11 is 16.1. The summed E-state index contributed by atoms with van der Waals surface area (Å²) in [4.78, 5) is 4.03. The quantitative estimate of drug-likeness (QED) is 0.832. The van der Waals surface area contributed by atoms with E-state index in [1.165, 1.54) is 12.1 Å². The largest absolute Gasteiger partial charge is 0.272 e. The third-order valence-corrected chi connectivity index (χ3v) is 6.27. The average molecular weight is 402 g/mol. The molecule has 2 aromatic heterocycles. The van der Waals surface area contributed by atoms with Gasteiger partial charge in [-0.2, -0.15) is 0 Å². The van der Waals surface area contributed by atoms with Gasteiger partial charge in [0.15, 0.2) is 5.82 Å². The zero-order valence-electron chi connectivity index (χ0n) is 9.45. The lowest BCUT2D eigenvalue weighted by Gasteiger charge is -2.08. The zero-order valence-corrected chi connectivity index (χ0v) is 14.2. The van der Waals surface area contributed by atoms with Gasteiger partial charge in [0.25, 0.3) is 10.0 Å². The van der Waals surface area contributed by atoms with Crippen LogP contribution in [0, 0.1) is 6.92 Å². The fourth-order valence-corrected chi connectivity index (χ4v) is 4.74. The second kappa shape index (κ2) is 5.57. The van der Waals surface area contributed by atoms with Crippen molar-refractivity contribution in [3.63, 3.8) is 0 Å². The maximum absolute atomic E-state index is 12.1. The van der Waals surface area contributed by atoms with Crippen LogP contribution in [0.25, 0.3) is 0 Å². The number of sulfonamides is 1. The number of hydrogen-bond donors (Lipinski definition) is 1. The molecular weight excluding hydrogens is 395 g/mol. The van der Waals surface area contributed by atoms with E-state index >= 15 is 0 Å². The molecule has 0 aromatic carbocycles. The topological polar surface area (TPSA) is 59.1 Å². The normalized spacial score (nSPS) is 11.6. The number of aryl methyl sites for hydroxylation is 1. The van der Waals surface area contributed by atoms with E-state index in [-0.39, 0.29) is 15.0 Å². The van der Waals surface area contributed by atoms with Crippen LogP contribution in [0.3, 0.4) is 0 Å². The van der Waals surface area contributed by atoms with Crippen LogP contribution in [0.2, 0.25) is 10.0 Å². The fraction of sp³-hybridized carbons (Fsp3) is 0.100. The predicted octanol–water partition coefficient (Wildman–Crippen LogP) is 4.32. The van der Waals surface area contributed by atoms with E-state index in [4.69, 9.17) is 23.2 Å². The molecule has 102 valence electrons. The summed E-state index contributed by atoms with van der Waals surface area (Å²) < 4.78 is 27.5. The molecule has 0 unspecified atom stereocenters. The van der Waals surface area contributed by atoms with Gasteiger partial charge in [-0.3, -0.25) is 4.72 Å². The van der Waals surface area contributed by atoms with Crippen LogP contribution in [0.5, 0.6) is 0 Å². The molecule has 0 aliphatic rings. The number of nitrogens with one attached hydrogen (secondary N) is 1. The van der Waals surface area contributed by atoms with E-state index in [0.717, 1.165) is 15.1 Å². The van der Waals surface area contributed by atoms with E-state index in [9.17, 15) is 8.42 Å². The predicted molar refractivity (Wildman–Crippen MR) is 81.8 cm³/mol. The molecule has 2 aromatic rings. The minimum atomic E-state index is -3.70. The SMILES string of the molecule is Cc1nc(NS(=O)(=O)c2ccc(Br)s2)c(Cl)cc1Cl. The Morgan fingerprint density at radius 2 is 2.00 bits per heavy atom. The Labute approximate surface area is 132 Å². The number of rotatable bonds is 3. The van der Waals surface area contributed by atoms with Crippen LogP contribution >= 0.6 is 50.5 Å². The van der Waals surface area contributed by atoms with Gasteiger partial charge in [0.1, 0.15) is 4.21 Å². The van der Waals surface area contributed by atoms with Gasteiger partial charge in [-0.15, -0.1) is 11.3 Å². The van der Waals surface area contributed by atoms with Gasteiger partial charge in [-0.1, -0.05) is 23.2 Å². The smallest absolute Gasteiger partial charge is 0.261 e. The molecule has 0 saturated heterocycles. The minimum Gasteiger partial charge on any atom is -0.261 e. The first-order valence-electron chi connectivity index (χ1n) is 4.90. The minimum absolute atomic E-state index is 0.0630. The van der Waals surface area contributed by atoms with Crippen molar-refractivity contribution in [2.24, 2.45) is 0 Å². The highest BCUT2D eigenvalue weighted by atomic mass is 79.9. The Morgan fingerprint density at radius 1 is 1.32 bits per heavy atom. The van der Waals surface area contributed by atoms with Gasteiger partial charge in [0.2, 0.25) is 0 Å². The summed E-state index contributed by atoms with van der Waals surface area (Å²) in [7, 11) is -3.70.